The number of hydrogen-bond acceptors (Lipinski definition) is 3. The van der Waals surface area contributed by atoms with Crippen molar-refractivity contribution in [2.75, 3.05) is 30.9 Å². The van der Waals surface area contributed by atoms with E-state index >= 15 is 0 Å². The molecule has 0 radical (unpaired) electrons. The maximum atomic E-state index is 12.9. The fourth-order valence-corrected chi connectivity index (χ4v) is 4.16. The summed E-state index contributed by atoms with van der Waals surface area (Å²) in [4.78, 5) is 15.3. The van der Waals surface area contributed by atoms with Crippen molar-refractivity contribution in [3.05, 3.63) is 59.2 Å². The first kappa shape index (κ1) is 20.6. The summed E-state index contributed by atoms with van der Waals surface area (Å²) < 4.78 is 15.8. The van der Waals surface area contributed by atoms with Gasteiger partial charge >= 0.3 is 0 Å². The Morgan fingerprint density at radius 1 is 1.14 bits per heavy atom. The number of aryl methyl sites for hydroxylation is 2. The van der Waals surface area contributed by atoms with E-state index in [0.717, 1.165) is 30.8 Å². The molecule has 1 fully saturated rings. The van der Waals surface area contributed by atoms with Crippen LogP contribution in [0.25, 0.3) is 0 Å². The first-order valence-electron chi connectivity index (χ1n) is 9.96. The molecular formula is C22H29N3O2S. The van der Waals surface area contributed by atoms with Gasteiger partial charge in [-0.05, 0) is 55.2 Å². The van der Waals surface area contributed by atoms with Crippen molar-refractivity contribution in [1.82, 2.24) is 10.2 Å². The SMILES string of the molecule is CCCCc1ccc(NS(=O)c2ccc(C)c(C(=O)N3CCNCC3)c2)cc1. The summed E-state index contributed by atoms with van der Waals surface area (Å²) in [5, 5.41) is 3.26. The normalized spacial score (nSPS) is 15.3. The van der Waals surface area contributed by atoms with E-state index in [1.807, 2.05) is 36.1 Å². The maximum Gasteiger partial charge on any atom is 0.254 e. The molecule has 1 saturated heterocycles. The van der Waals surface area contributed by atoms with Gasteiger partial charge in [0.25, 0.3) is 5.91 Å². The lowest BCUT2D eigenvalue weighted by molar-refractivity contribution is 0.0735. The molecule has 1 heterocycles. The van der Waals surface area contributed by atoms with E-state index in [1.54, 1.807) is 6.07 Å². The van der Waals surface area contributed by atoms with Crippen LogP contribution in [-0.4, -0.2) is 41.2 Å². The molecule has 1 unspecified atom stereocenters. The predicted octanol–water partition coefficient (Wildman–Crippen LogP) is 3.52. The van der Waals surface area contributed by atoms with Gasteiger partial charge in [0.1, 0.15) is 11.0 Å². The zero-order valence-corrected chi connectivity index (χ0v) is 17.5. The Kier molecular flexibility index (Phi) is 7.23. The lowest BCUT2D eigenvalue weighted by Gasteiger charge is -2.28. The average Bonchev–Trinajstić information content (AvgIpc) is 2.73. The Morgan fingerprint density at radius 3 is 2.54 bits per heavy atom. The van der Waals surface area contributed by atoms with Crippen molar-refractivity contribution in [1.29, 1.82) is 0 Å². The number of carbonyl (C=O) groups excluding carboxylic acids is 1. The van der Waals surface area contributed by atoms with E-state index in [9.17, 15) is 9.00 Å². The Morgan fingerprint density at radius 2 is 1.86 bits per heavy atom. The van der Waals surface area contributed by atoms with Crippen LogP contribution in [0.4, 0.5) is 5.69 Å². The van der Waals surface area contributed by atoms with Gasteiger partial charge in [-0.25, -0.2) is 4.21 Å². The molecule has 0 bridgehead atoms. The van der Waals surface area contributed by atoms with E-state index in [0.29, 0.717) is 23.5 Å². The summed E-state index contributed by atoms with van der Waals surface area (Å²) in [7, 11) is -1.42. The molecule has 28 heavy (non-hydrogen) atoms. The third-order valence-electron chi connectivity index (χ3n) is 5.04. The topological polar surface area (TPSA) is 61.4 Å². The number of carbonyl (C=O) groups is 1. The highest BCUT2D eigenvalue weighted by atomic mass is 32.2. The van der Waals surface area contributed by atoms with Crippen molar-refractivity contribution >= 4 is 22.6 Å². The Hall–Kier alpha value is -2.18. The zero-order chi connectivity index (χ0) is 19.9. The summed E-state index contributed by atoms with van der Waals surface area (Å²) in [6.07, 6.45) is 3.41. The van der Waals surface area contributed by atoms with Crippen molar-refractivity contribution in [3.8, 4) is 0 Å². The number of benzene rings is 2. The monoisotopic (exact) mass is 399 g/mol. The highest BCUT2D eigenvalue weighted by Crippen LogP contribution is 2.19. The fourth-order valence-electron chi connectivity index (χ4n) is 3.27. The first-order valence-corrected chi connectivity index (χ1v) is 11.1. The van der Waals surface area contributed by atoms with Crippen molar-refractivity contribution in [3.63, 3.8) is 0 Å². The van der Waals surface area contributed by atoms with Gasteiger partial charge < -0.3 is 14.9 Å². The van der Waals surface area contributed by atoms with Gasteiger partial charge in [-0.2, -0.15) is 0 Å². The molecule has 1 amide bonds. The van der Waals surface area contributed by atoms with Gasteiger partial charge in [-0.3, -0.25) is 4.79 Å². The minimum atomic E-state index is -1.42. The van der Waals surface area contributed by atoms with Gasteiger partial charge in [0.15, 0.2) is 0 Å². The lowest BCUT2D eigenvalue weighted by atomic mass is 10.1. The molecule has 1 aliphatic rings. The van der Waals surface area contributed by atoms with Crippen LogP contribution in [0.2, 0.25) is 0 Å². The second-order valence-corrected chi connectivity index (χ2v) is 8.40. The van der Waals surface area contributed by atoms with Crippen LogP contribution in [0, 0.1) is 6.92 Å². The number of amides is 1. The minimum absolute atomic E-state index is 0.0122. The van der Waals surface area contributed by atoms with Crippen LogP contribution in [-0.2, 0) is 17.4 Å². The van der Waals surface area contributed by atoms with Gasteiger partial charge in [-0.15, -0.1) is 0 Å². The molecule has 1 atom stereocenters. The smallest absolute Gasteiger partial charge is 0.254 e. The largest absolute Gasteiger partial charge is 0.336 e. The van der Waals surface area contributed by atoms with E-state index in [4.69, 9.17) is 0 Å². The predicted molar refractivity (Wildman–Crippen MR) is 115 cm³/mol. The third kappa shape index (κ3) is 5.20. The Balaban J connectivity index is 1.70. The number of hydrogen-bond donors (Lipinski definition) is 2. The molecule has 150 valence electrons. The van der Waals surface area contributed by atoms with E-state index in [2.05, 4.69) is 29.1 Å². The van der Waals surface area contributed by atoms with Gasteiger partial charge in [0.05, 0.1) is 4.90 Å². The number of anilines is 1. The maximum absolute atomic E-state index is 12.9. The molecular weight excluding hydrogens is 370 g/mol. The van der Waals surface area contributed by atoms with Crippen LogP contribution in [0.15, 0.2) is 47.4 Å². The molecule has 3 rings (SSSR count). The standard InChI is InChI=1S/C22H29N3O2S/c1-3-4-5-18-7-9-19(10-8-18)24-28(27)20-11-6-17(2)21(16-20)22(26)25-14-12-23-13-15-25/h6-11,16,23-24H,3-5,12-15H2,1-2H3. The molecule has 5 nitrogen and oxygen atoms in total. The summed E-state index contributed by atoms with van der Waals surface area (Å²) in [6, 6.07) is 13.5. The lowest BCUT2D eigenvalue weighted by Crippen LogP contribution is -2.46. The molecule has 0 aromatic heterocycles. The van der Waals surface area contributed by atoms with Crippen molar-refractivity contribution in [2.45, 2.75) is 38.0 Å². The number of rotatable bonds is 7. The van der Waals surface area contributed by atoms with Gasteiger partial charge in [0.2, 0.25) is 0 Å². The molecule has 0 spiro atoms. The zero-order valence-electron chi connectivity index (χ0n) is 16.7. The number of nitrogens with zero attached hydrogens (tertiary/aromatic N) is 1. The molecule has 2 N–H and O–H groups in total. The molecule has 0 aliphatic carbocycles. The first-order chi connectivity index (χ1) is 13.6. The van der Waals surface area contributed by atoms with Crippen molar-refractivity contribution in [2.24, 2.45) is 0 Å². The quantitative estimate of drug-likeness (QED) is 0.749. The summed E-state index contributed by atoms with van der Waals surface area (Å²) >= 11 is 0. The van der Waals surface area contributed by atoms with Gasteiger partial charge in [0, 0.05) is 37.4 Å². The van der Waals surface area contributed by atoms with Crippen LogP contribution in [0.5, 0.6) is 0 Å². The van der Waals surface area contributed by atoms with Crippen LogP contribution < -0.4 is 10.0 Å². The highest BCUT2D eigenvalue weighted by molar-refractivity contribution is 7.86. The highest BCUT2D eigenvalue weighted by Gasteiger charge is 2.20. The average molecular weight is 400 g/mol. The van der Waals surface area contributed by atoms with Crippen LogP contribution in [0.3, 0.4) is 0 Å². The number of piperazine rings is 1. The number of unbranched alkanes of at least 4 members (excludes halogenated alkanes) is 1. The van der Waals surface area contributed by atoms with E-state index in [-0.39, 0.29) is 5.91 Å². The van der Waals surface area contributed by atoms with Crippen LogP contribution >= 0.6 is 0 Å². The van der Waals surface area contributed by atoms with E-state index < -0.39 is 11.0 Å². The van der Waals surface area contributed by atoms with Crippen LogP contribution in [0.1, 0.15) is 41.3 Å². The number of nitrogens with one attached hydrogen (secondary N) is 2. The third-order valence-corrected chi connectivity index (χ3v) is 6.14. The summed E-state index contributed by atoms with van der Waals surface area (Å²) in [5.74, 6) is 0.0122. The molecule has 6 heteroatoms. The van der Waals surface area contributed by atoms with Gasteiger partial charge in [-0.1, -0.05) is 31.5 Å². The molecule has 2 aromatic rings. The Labute approximate surface area is 170 Å². The molecule has 2 aromatic carbocycles. The Bertz CT molecular complexity index is 830. The summed E-state index contributed by atoms with van der Waals surface area (Å²) in [6.45, 7) is 7.13. The second-order valence-electron chi connectivity index (χ2n) is 7.19. The van der Waals surface area contributed by atoms with E-state index in [1.165, 1.54) is 18.4 Å². The molecule has 1 aliphatic heterocycles. The van der Waals surface area contributed by atoms with Crippen molar-refractivity contribution < 1.29 is 9.00 Å². The second kappa shape index (κ2) is 9.85. The minimum Gasteiger partial charge on any atom is -0.336 e. The molecule has 0 saturated carbocycles. The summed E-state index contributed by atoms with van der Waals surface area (Å²) in [5.41, 5.74) is 3.64. The fraction of sp³-hybridized carbons (Fsp3) is 0.409.